The molecule has 176 valence electrons. The summed E-state index contributed by atoms with van der Waals surface area (Å²) in [6, 6.07) is 11.8. The summed E-state index contributed by atoms with van der Waals surface area (Å²) in [4.78, 5) is 45.5. The molecule has 2 amide bonds. The third-order valence-electron chi connectivity index (χ3n) is 6.23. The van der Waals surface area contributed by atoms with Crippen LogP contribution >= 0.6 is 0 Å². The predicted molar refractivity (Wildman–Crippen MR) is 127 cm³/mol. The zero-order valence-corrected chi connectivity index (χ0v) is 19.1. The van der Waals surface area contributed by atoms with Crippen molar-refractivity contribution in [2.75, 3.05) is 38.6 Å². The van der Waals surface area contributed by atoms with Gasteiger partial charge in [0, 0.05) is 24.2 Å². The lowest BCUT2D eigenvalue weighted by atomic mass is 9.82. The average Bonchev–Trinajstić information content (AvgIpc) is 3.18. The summed E-state index contributed by atoms with van der Waals surface area (Å²) in [6.07, 6.45) is 2.07. The number of likely N-dealkylation sites (tertiary alicyclic amines) is 1. The number of aliphatic hydroxyl groups excluding tert-OH is 1. The van der Waals surface area contributed by atoms with Gasteiger partial charge < -0.3 is 19.8 Å². The van der Waals surface area contributed by atoms with Gasteiger partial charge in [0.1, 0.15) is 11.6 Å². The Labute approximate surface area is 197 Å². The van der Waals surface area contributed by atoms with Gasteiger partial charge in [0.25, 0.3) is 17.6 Å². The molecule has 2 aromatic rings. The zero-order valence-electron chi connectivity index (χ0n) is 19.1. The lowest BCUT2D eigenvalue weighted by Gasteiger charge is -2.34. The lowest BCUT2D eigenvalue weighted by molar-refractivity contribution is -0.143. The normalized spacial score (nSPS) is 21.1. The molecule has 1 unspecified atom stereocenters. The first-order chi connectivity index (χ1) is 16.2. The third kappa shape index (κ3) is 3.42. The van der Waals surface area contributed by atoms with Gasteiger partial charge in [0.2, 0.25) is 0 Å². The molecule has 1 fully saturated rings. The maximum absolute atomic E-state index is 14.1. The summed E-state index contributed by atoms with van der Waals surface area (Å²) in [7, 11) is 3.78. The van der Waals surface area contributed by atoms with Crippen LogP contribution in [0, 0.1) is 5.82 Å². The van der Waals surface area contributed by atoms with Crippen LogP contribution < -0.4 is 4.90 Å². The van der Waals surface area contributed by atoms with E-state index >= 15 is 0 Å². The minimum absolute atomic E-state index is 0.130. The van der Waals surface area contributed by atoms with Crippen LogP contribution in [0.2, 0.25) is 0 Å². The highest BCUT2D eigenvalue weighted by Crippen LogP contribution is 2.53. The molecule has 4 rings (SSSR count). The summed E-state index contributed by atoms with van der Waals surface area (Å²) in [5.41, 5.74) is -1.01. The van der Waals surface area contributed by atoms with Gasteiger partial charge in [-0.15, -0.1) is 6.58 Å². The van der Waals surface area contributed by atoms with Crippen molar-refractivity contribution in [3.63, 3.8) is 0 Å². The van der Waals surface area contributed by atoms with Crippen molar-refractivity contribution < 1.29 is 23.9 Å². The summed E-state index contributed by atoms with van der Waals surface area (Å²) >= 11 is 0. The van der Waals surface area contributed by atoms with E-state index in [-0.39, 0.29) is 24.2 Å². The summed E-state index contributed by atoms with van der Waals surface area (Å²) in [5.74, 6) is -3.35. The molecule has 2 aliphatic rings. The number of Topliss-reactive ketones (excluding diaryl/α,β-unsaturated/α-hetero) is 1. The van der Waals surface area contributed by atoms with Crippen LogP contribution in [0.4, 0.5) is 10.1 Å². The Bertz CT molecular complexity index is 1200. The number of hydrogen-bond donors (Lipinski definition) is 1. The van der Waals surface area contributed by atoms with Gasteiger partial charge in [-0.05, 0) is 57.4 Å². The van der Waals surface area contributed by atoms with Crippen molar-refractivity contribution in [1.82, 2.24) is 9.80 Å². The van der Waals surface area contributed by atoms with E-state index in [9.17, 15) is 23.9 Å². The summed E-state index contributed by atoms with van der Waals surface area (Å²) < 4.78 is 13.5. The van der Waals surface area contributed by atoms with Gasteiger partial charge in [0.15, 0.2) is 5.54 Å². The van der Waals surface area contributed by atoms with Crippen molar-refractivity contribution in [3.05, 3.63) is 83.7 Å². The van der Waals surface area contributed by atoms with E-state index in [4.69, 9.17) is 0 Å². The van der Waals surface area contributed by atoms with E-state index in [1.807, 2.05) is 19.0 Å². The number of rotatable bonds is 7. The Morgan fingerprint density at radius 1 is 1.12 bits per heavy atom. The van der Waals surface area contributed by atoms with Gasteiger partial charge in [-0.2, -0.15) is 0 Å². The number of nitrogens with zero attached hydrogens (tertiary/aromatic N) is 3. The first kappa shape index (κ1) is 23.4. The molecule has 1 spiro atoms. The number of carbonyl (C=O) groups is 3. The number of amides is 2. The minimum atomic E-state index is -1.82. The average molecular weight is 464 g/mol. The van der Waals surface area contributed by atoms with Gasteiger partial charge in [-0.3, -0.25) is 14.4 Å². The van der Waals surface area contributed by atoms with E-state index in [1.54, 1.807) is 30.3 Å². The van der Waals surface area contributed by atoms with Crippen LogP contribution in [-0.4, -0.2) is 66.2 Å². The van der Waals surface area contributed by atoms with Gasteiger partial charge >= 0.3 is 0 Å². The van der Waals surface area contributed by atoms with Crippen LogP contribution in [0.1, 0.15) is 17.5 Å². The van der Waals surface area contributed by atoms with E-state index < -0.39 is 34.7 Å². The molecule has 1 saturated heterocycles. The van der Waals surface area contributed by atoms with Crippen LogP contribution in [-0.2, 0) is 19.9 Å². The second-order valence-electron chi connectivity index (χ2n) is 8.61. The number of para-hydroxylation sites is 1. The van der Waals surface area contributed by atoms with Crippen LogP contribution in [0.15, 0.2) is 66.8 Å². The van der Waals surface area contributed by atoms with Gasteiger partial charge in [0.05, 0.1) is 11.3 Å². The number of benzene rings is 2. The highest BCUT2D eigenvalue weighted by Gasteiger charge is 2.66. The molecule has 8 heteroatoms. The first-order valence-corrected chi connectivity index (χ1v) is 11.0. The highest BCUT2D eigenvalue weighted by molar-refractivity contribution is 6.50. The Kier molecular flexibility index (Phi) is 6.10. The number of carbonyl (C=O) groups excluding carboxylic acids is 3. The quantitative estimate of drug-likeness (QED) is 0.296. The van der Waals surface area contributed by atoms with Crippen LogP contribution in [0.25, 0.3) is 5.76 Å². The number of hydrogen-bond acceptors (Lipinski definition) is 5. The number of aliphatic hydroxyl groups is 1. The lowest BCUT2D eigenvalue weighted by Crippen LogP contribution is -2.52. The SMILES string of the molecule is C=CCN1C(=O)C2(C(=C(O)c3ccc(F)cc3)C(=O)C(=O)N2CCCN(C)C)c2ccccc21. The largest absolute Gasteiger partial charge is 0.507 e. The van der Waals surface area contributed by atoms with E-state index in [1.165, 1.54) is 21.9 Å². The molecule has 2 aromatic carbocycles. The molecule has 0 aromatic heterocycles. The second-order valence-corrected chi connectivity index (χ2v) is 8.61. The van der Waals surface area contributed by atoms with Crippen molar-refractivity contribution in [1.29, 1.82) is 0 Å². The molecule has 0 saturated carbocycles. The van der Waals surface area contributed by atoms with E-state index in [0.29, 0.717) is 24.2 Å². The highest BCUT2D eigenvalue weighted by atomic mass is 19.1. The number of halogens is 1. The summed E-state index contributed by atoms with van der Waals surface area (Å²) in [5, 5.41) is 11.3. The van der Waals surface area contributed by atoms with Crippen molar-refractivity contribution >= 4 is 29.0 Å². The number of anilines is 1. The molecule has 0 radical (unpaired) electrons. The number of ketones is 1. The number of fused-ring (bicyclic) bond motifs is 2. The van der Waals surface area contributed by atoms with Gasteiger partial charge in [-0.1, -0.05) is 24.3 Å². The maximum Gasteiger partial charge on any atom is 0.296 e. The Balaban J connectivity index is 2.00. The zero-order chi connectivity index (χ0) is 24.6. The van der Waals surface area contributed by atoms with E-state index in [0.717, 1.165) is 12.1 Å². The van der Waals surface area contributed by atoms with Crippen LogP contribution in [0.3, 0.4) is 0 Å². The molecular formula is C26H26FN3O4. The fourth-order valence-electron chi connectivity index (χ4n) is 4.77. The minimum Gasteiger partial charge on any atom is -0.507 e. The molecule has 34 heavy (non-hydrogen) atoms. The van der Waals surface area contributed by atoms with Crippen LogP contribution in [0.5, 0.6) is 0 Å². The van der Waals surface area contributed by atoms with Gasteiger partial charge in [-0.25, -0.2) is 4.39 Å². The fourth-order valence-corrected chi connectivity index (χ4v) is 4.77. The topological polar surface area (TPSA) is 81.2 Å². The molecular weight excluding hydrogens is 437 g/mol. The predicted octanol–water partition coefficient (Wildman–Crippen LogP) is 2.89. The molecule has 1 atom stereocenters. The standard InChI is InChI=1S/C26H26FN3O4/c1-4-14-29-20-9-6-5-8-19(20)26(25(29)34)21(22(31)17-10-12-18(27)13-11-17)23(32)24(33)30(26)16-7-15-28(2)3/h4-6,8-13,31H,1,7,14-16H2,2-3H3. The Morgan fingerprint density at radius 3 is 2.44 bits per heavy atom. The van der Waals surface area contributed by atoms with Crippen molar-refractivity contribution in [2.45, 2.75) is 12.0 Å². The van der Waals surface area contributed by atoms with Crippen molar-refractivity contribution in [2.24, 2.45) is 0 Å². The molecule has 7 nitrogen and oxygen atoms in total. The Hall–Kier alpha value is -3.78. The summed E-state index contributed by atoms with van der Waals surface area (Å²) in [6.45, 7) is 4.65. The maximum atomic E-state index is 14.1. The smallest absolute Gasteiger partial charge is 0.296 e. The molecule has 0 aliphatic carbocycles. The van der Waals surface area contributed by atoms with Crippen molar-refractivity contribution in [3.8, 4) is 0 Å². The molecule has 2 aliphatic heterocycles. The first-order valence-electron chi connectivity index (χ1n) is 11.0. The fraction of sp³-hybridized carbons (Fsp3) is 0.269. The monoisotopic (exact) mass is 463 g/mol. The second kappa shape index (κ2) is 8.87. The molecule has 1 N–H and O–H groups in total. The molecule has 2 heterocycles. The molecule has 0 bridgehead atoms. The van der Waals surface area contributed by atoms with E-state index in [2.05, 4.69) is 6.58 Å². The Morgan fingerprint density at radius 2 is 1.79 bits per heavy atom. The third-order valence-corrected chi connectivity index (χ3v) is 6.23.